The summed E-state index contributed by atoms with van der Waals surface area (Å²) in [6.07, 6.45) is 0. The lowest BCUT2D eigenvalue weighted by Crippen LogP contribution is -2.24. The van der Waals surface area contributed by atoms with E-state index in [1.54, 1.807) is 6.92 Å². The Bertz CT molecular complexity index is 711. The molecule has 3 N–H and O–H groups in total. The third-order valence-corrected chi connectivity index (χ3v) is 6.18. The summed E-state index contributed by atoms with van der Waals surface area (Å²) in [5.74, 6) is 0. The zero-order chi connectivity index (χ0) is 14.8. The highest BCUT2D eigenvalue weighted by Gasteiger charge is 2.21. The number of hydrogen-bond acceptors (Lipinski definition) is 4. The van der Waals surface area contributed by atoms with Crippen LogP contribution in [-0.2, 0) is 23.1 Å². The highest BCUT2D eigenvalue weighted by molar-refractivity contribution is 9.10. The van der Waals surface area contributed by atoms with Gasteiger partial charge >= 0.3 is 0 Å². The van der Waals surface area contributed by atoms with E-state index in [-0.39, 0.29) is 13.1 Å². The highest BCUT2D eigenvalue weighted by atomic mass is 79.9. The minimum atomic E-state index is -3.54. The molecule has 0 saturated carbocycles. The van der Waals surface area contributed by atoms with Gasteiger partial charge in [0.25, 0.3) is 0 Å². The van der Waals surface area contributed by atoms with Crippen molar-refractivity contribution in [2.75, 3.05) is 0 Å². The van der Waals surface area contributed by atoms with Crippen molar-refractivity contribution in [2.45, 2.75) is 24.9 Å². The summed E-state index contributed by atoms with van der Waals surface area (Å²) < 4.78 is 28.3. The van der Waals surface area contributed by atoms with E-state index in [2.05, 4.69) is 20.7 Å². The third-order valence-electron chi connectivity index (χ3n) is 2.80. The summed E-state index contributed by atoms with van der Waals surface area (Å²) in [7, 11) is -3.54. The molecule has 0 amide bonds. The first-order chi connectivity index (χ1) is 9.44. The lowest BCUT2D eigenvalue weighted by molar-refractivity contribution is 0.580. The van der Waals surface area contributed by atoms with Crippen molar-refractivity contribution in [3.05, 3.63) is 50.1 Å². The van der Waals surface area contributed by atoms with Gasteiger partial charge in [0.15, 0.2) is 0 Å². The van der Waals surface area contributed by atoms with E-state index in [0.717, 1.165) is 15.6 Å². The molecule has 20 heavy (non-hydrogen) atoms. The summed E-state index contributed by atoms with van der Waals surface area (Å²) >= 11 is 4.74. The first-order valence-electron chi connectivity index (χ1n) is 5.95. The second-order valence-electron chi connectivity index (χ2n) is 4.33. The minimum Gasteiger partial charge on any atom is -0.326 e. The van der Waals surface area contributed by atoms with Crippen LogP contribution in [0.4, 0.5) is 0 Å². The standard InChI is InChI=1S/C13H15BrN2O2S2/c1-9-8-19-12(6-15)13(9)20(17,18)16-7-10-3-2-4-11(14)5-10/h2-5,8,16H,6-7,15H2,1H3. The molecule has 2 rings (SSSR count). The molecule has 0 aliphatic rings. The fraction of sp³-hybridized carbons (Fsp3) is 0.231. The van der Waals surface area contributed by atoms with Gasteiger partial charge in [-0.05, 0) is 35.6 Å². The zero-order valence-electron chi connectivity index (χ0n) is 10.9. The van der Waals surface area contributed by atoms with Crippen LogP contribution in [0.5, 0.6) is 0 Å². The highest BCUT2D eigenvalue weighted by Crippen LogP contribution is 2.26. The van der Waals surface area contributed by atoms with Crippen LogP contribution in [0.15, 0.2) is 39.0 Å². The Morgan fingerprint density at radius 3 is 2.80 bits per heavy atom. The van der Waals surface area contributed by atoms with Crippen LogP contribution < -0.4 is 10.5 Å². The molecule has 0 spiro atoms. The molecule has 1 heterocycles. The number of aryl methyl sites for hydroxylation is 1. The van der Waals surface area contributed by atoms with Crippen LogP contribution in [0.1, 0.15) is 16.0 Å². The number of sulfonamides is 1. The number of benzene rings is 1. The van der Waals surface area contributed by atoms with Crippen molar-refractivity contribution < 1.29 is 8.42 Å². The Hall–Kier alpha value is -0.730. The van der Waals surface area contributed by atoms with Gasteiger partial charge in [-0.15, -0.1) is 11.3 Å². The van der Waals surface area contributed by atoms with Crippen molar-refractivity contribution in [3.8, 4) is 0 Å². The van der Waals surface area contributed by atoms with Crippen LogP contribution in [0.3, 0.4) is 0 Å². The Kier molecular flexibility index (Phi) is 4.98. The van der Waals surface area contributed by atoms with Gasteiger partial charge in [-0.25, -0.2) is 13.1 Å². The molecule has 0 fully saturated rings. The van der Waals surface area contributed by atoms with Gasteiger partial charge in [0.05, 0.1) is 0 Å². The van der Waals surface area contributed by atoms with Gasteiger partial charge in [0.1, 0.15) is 4.90 Å². The van der Waals surface area contributed by atoms with Gasteiger partial charge in [-0.2, -0.15) is 0 Å². The predicted molar refractivity (Wildman–Crippen MR) is 85.1 cm³/mol. The Balaban J connectivity index is 2.21. The van der Waals surface area contributed by atoms with Crippen molar-refractivity contribution in [1.82, 2.24) is 4.72 Å². The van der Waals surface area contributed by atoms with Gasteiger partial charge in [-0.1, -0.05) is 28.1 Å². The summed E-state index contributed by atoms with van der Waals surface area (Å²) in [5.41, 5.74) is 7.23. The summed E-state index contributed by atoms with van der Waals surface area (Å²) in [6, 6.07) is 7.52. The smallest absolute Gasteiger partial charge is 0.242 e. The largest absolute Gasteiger partial charge is 0.326 e. The number of nitrogens with one attached hydrogen (secondary N) is 1. The first-order valence-corrected chi connectivity index (χ1v) is 9.11. The average molecular weight is 375 g/mol. The Labute approximate surface area is 131 Å². The number of nitrogens with two attached hydrogens (primary N) is 1. The van der Waals surface area contributed by atoms with E-state index >= 15 is 0 Å². The van der Waals surface area contributed by atoms with E-state index in [0.29, 0.717) is 9.77 Å². The van der Waals surface area contributed by atoms with E-state index in [4.69, 9.17) is 5.73 Å². The molecule has 0 saturated heterocycles. The average Bonchev–Trinajstić information content (AvgIpc) is 2.78. The maximum Gasteiger partial charge on any atom is 0.242 e. The SMILES string of the molecule is Cc1csc(CN)c1S(=O)(=O)NCc1cccc(Br)c1. The van der Waals surface area contributed by atoms with Gasteiger partial charge in [0.2, 0.25) is 10.0 Å². The minimum absolute atomic E-state index is 0.228. The monoisotopic (exact) mass is 374 g/mol. The molecule has 1 aromatic heterocycles. The fourth-order valence-corrected chi connectivity index (χ4v) is 5.05. The van der Waals surface area contributed by atoms with Crippen molar-refractivity contribution >= 4 is 37.3 Å². The van der Waals surface area contributed by atoms with Gasteiger partial charge < -0.3 is 5.73 Å². The lowest BCUT2D eigenvalue weighted by Gasteiger charge is -2.09. The maximum absolute atomic E-state index is 12.4. The van der Waals surface area contributed by atoms with Gasteiger partial charge in [-0.3, -0.25) is 0 Å². The normalized spacial score (nSPS) is 11.8. The number of hydrogen-bond donors (Lipinski definition) is 2. The van der Waals surface area contributed by atoms with Crippen LogP contribution in [0.2, 0.25) is 0 Å². The molecule has 7 heteroatoms. The second-order valence-corrected chi connectivity index (χ2v) is 7.91. The van der Waals surface area contributed by atoms with E-state index in [9.17, 15) is 8.42 Å². The van der Waals surface area contributed by atoms with E-state index in [1.165, 1.54) is 11.3 Å². The van der Waals surface area contributed by atoms with E-state index < -0.39 is 10.0 Å². The molecule has 4 nitrogen and oxygen atoms in total. The van der Waals surface area contributed by atoms with Crippen LogP contribution >= 0.6 is 27.3 Å². The number of halogens is 1. The predicted octanol–water partition coefficient (Wildman–Crippen LogP) is 2.76. The Morgan fingerprint density at radius 2 is 2.15 bits per heavy atom. The maximum atomic E-state index is 12.4. The molecule has 0 radical (unpaired) electrons. The van der Waals surface area contributed by atoms with Crippen molar-refractivity contribution in [1.29, 1.82) is 0 Å². The summed E-state index contributed by atoms with van der Waals surface area (Å²) in [4.78, 5) is 1.00. The van der Waals surface area contributed by atoms with Crippen LogP contribution in [0, 0.1) is 6.92 Å². The van der Waals surface area contributed by atoms with Gasteiger partial charge in [0, 0.05) is 22.4 Å². The lowest BCUT2D eigenvalue weighted by atomic mass is 10.2. The molecule has 2 aromatic rings. The molecular formula is C13H15BrN2O2S2. The molecular weight excluding hydrogens is 360 g/mol. The summed E-state index contributed by atoms with van der Waals surface area (Å²) in [5, 5.41) is 1.82. The number of thiophene rings is 1. The molecule has 0 aliphatic heterocycles. The number of rotatable bonds is 5. The van der Waals surface area contributed by atoms with Crippen molar-refractivity contribution in [2.24, 2.45) is 5.73 Å². The molecule has 1 aromatic carbocycles. The van der Waals surface area contributed by atoms with E-state index in [1.807, 2.05) is 29.6 Å². The third kappa shape index (κ3) is 3.48. The molecule has 108 valence electrons. The van der Waals surface area contributed by atoms with Crippen LogP contribution in [-0.4, -0.2) is 8.42 Å². The first kappa shape index (κ1) is 15.7. The molecule has 0 bridgehead atoms. The Morgan fingerprint density at radius 1 is 1.40 bits per heavy atom. The molecule has 0 unspecified atom stereocenters. The van der Waals surface area contributed by atoms with Crippen molar-refractivity contribution in [3.63, 3.8) is 0 Å². The second kappa shape index (κ2) is 6.36. The molecule has 0 atom stereocenters. The summed E-state index contributed by atoms with van der Waals surface area (Å²) in [6.45, 7) is 2.26. The fourth-order valence-electron chi connectivity index (χ4n) is 1.89. The zero-order valence-corrected chi connectivity index (χ0v) is 14.1. The topological polar surface area (TPSA) is 72.2 Å². The van der Waals surface area contributed by atoms with Crippen LogP contribution in [0.25, 0.3) is 0 Å². The molecule has 0 aliphatic carbocycles. The quantitative estimate of drug-likeness (QED) is 0.844.